The van der Waals surface area contributed by atoms with Crippen LogP contribution in [-0.4, -0.2) is 175 Å². The van der Waals surface area contributed by atoms with Gasteiger partial charge in [-0.1, -0.05) is 25.7 Å². The maximum atomic E-state index is 11.5. The third-order valence-corrected chi connectivity index (χ3v) is 11.2. The predicted molar refractivity (Wildman–Crippen MR) is 234 cm³/mol. The minimum absolute atomic E-state index is 0.0802. The number of rotatable bonds is 30. The first-order valence-corrected chi connectivity index (χ1v) is 21.4. The first-order valence-electron chi connectivity index (χ1n) is 21.4. The zero-order valence-corrected chi connectivity index (χ0v) is 37.8. The largest absolute Gasteiger partial charge is 0.479 e. The number of aliphatic carboxylic acids is 1. The Morgan fingerprint density at radius 3 is 1.03 bits per heavy atom. The molecule has 0 aliphatic heterocycles. The number of unbranched alkanes of at least 4 members (excludes halogenated alkanes) is 5. The van der Waals surface area contributed by atoms with Crippen molar-refractivity contribution in [2.24, 2.45) is 0 Å². The monoisotopic (exact) mass is 952 g/mol. The number of carbonyl (C=O) groups is 1. The Labute approximate surface area is 383 Å². The van der Waals surface area contributed by atoms with Crippen LogP contribution >= 0.6 is 0 Å². The van der Waals surface area contributed by atoms with E-state index in [4.69, 9.17) is 30.6 Å². The molecule has 0 radical (unpaired) electrons. The van der Waals surface area contributed by atoms with Gasteiger partial charge in [-0.3, -0.25) is 9.80 Å². The Morgan fingerprint density at radius 2 is 0.791 bits per heavy atom. The molecule has 4 atom stereocenters. The van der Waals surface area contributed by atoms with E-state index in [2.05, 4.69) is 29.7 Å². The van der Waals surface area contributed by atoms with Crippen LogP contribution in [0.5, 0.6) is 0 Å². The molecule has 4 aromatic heterocycles. The minimum Gasteiger partial charge on any atom is -0.479 e. The molecule has 4 aromatic rings. The van der Waals surface area contributed by atoms with Crippen molar-refractivity contribution < 1.29 is 55.1 Å². The van der Waals surface area contributed by atoms with Gasteiger partial charge in [0.2, 0.25) is 0 Å². The van der Waals surface area contributed by atoms with Gasteiger partial charge in [-0.2, -0.15) is 0 Å². The van der Waals surface area contributed by atoms with E-state index in [1.54, 1.807) is 46.0 Å². The molecule has 4 heterocycles. The summed E-state index contributed by atoms with van der Waals surface area (Å²) in [5, 5.41) is 97.9. The Morgan fingerprint density at radius 1 is 0.522 bits per heavy atom. The van der Waals surface area contributed by atoms with Gasteiger partial charge in [-0.05, 0) is 45.6 Å². The molecule has 0 spiro atoms. The summed E-state index contributed by atoms with van der Waals surface area (Å²) in [7, 11) is 0. The number of aliphatic hydroxyl groups is 5. The SMILES string of the molecule is Cc1ncc([N+](=O)[O-])n1CCN(CCCCCCCCN(CCn1c([N+](=O)[O-])cnc1C)CCn1c([N+](=O)[O-])cnc1C)CCn1c([N+](=O)[O-])cnc1C.O=C(O)[C@H](O)[C@@H](O)[C@H](O)[C@H](O)CO. The third kappa shape index (κ3) is 16.2. The zero-order chi connectivity index (χ0) is 50.0. The van der Waals surface area contributed by atoms with Gasteiger partial charge in [0.1, 0.15) is 69.3 Å². The van der Waals surface area contributed by atoms with Gasteiger partial charge >= 0.3 is 29.2 Å². The lowest BCUT2D eigenvalue weighted by molar-refractivity contribution is -0.392. The summed E-state index contributed by atoms with van der Waals surface area (Å²) in [6.45, 7) is 10.8. The zero-order valence-electron chi connectivity index (χ0n) is 37.8. The molecular weight excluding hydrogens is 893 g/mol. The highest BCUT2D eigenvalue weighted by molar-refractivity contribution is 5.72. The van der Waals surface area contributed by atoms with E-state index in [-0.39, 0.29) is 23.3 Å². The maximum Gasteiger partial charge on any atom is 0.342 e. The van der Waals surface area contributed by atoms with E-state index in [0.717, 1.165) is 38.5 Å². The lowest BCUT2D eigenvalue weighted by atomic mass is 10.0. The van der Waals surface area contributed by atoms with Crippen LogP contribution < -0.4 is 0 Å². The summed E-state index contributed by atoms with van der Waals surface area (Å²) in [6, 6.07) is 0. The normalized spacial score (nSPS) is 13.3. The summed E-state index contributed by atoms with van der Waals surface area (Å²) < 4.78 is 6.27. The Balaban J connectivity index is 0.000000795. The van der Waals surface area contributed by atoms with Gasteiger partial charge in [-0.15, -0.1) is 0 Å². The van der Waals surface area contributed by atoms with E-state index in [1.165, 1.54) is 24.8 Å². The van der Waals surface area contributed by atoms with Crippen molar-refractivity contribution in [1.82, 2.24) is 48.0 Å². The summed E-state index contributed by atoms with van der Waals surface area (Å²) in [6.07, 6.45) is 2.74. The molecule has 29 nitrogen and oxygen atoms in total. The molecule has 0 unspecified atom stereocenters. The molecule has 372 valence electrons. The van der Waals surface area contributed by atoms with Gasteiger partial charge in [0.05, 0.1) is 6.61 Å². The van der Waals surface area contributed by atoms with Crippen molar-refractivity contribution >= 4 is 29.2 Å². The van der Waals surface area contributed by atoms with Crippen LogP contribution in [0.2, 0.25) is 0 Å². The highest BCUT2D eigenvalue weighted by Crippen LogP contribution is 2.19. The van der Waals surface area contributed by atoms with Gasteiger partial charge in [0, 0.05) is 53.9 Å². The molecule has 0 saturated heterocycles. The van der Waals surface area contributed by atoms with E-state index in [9.17, 15) is 45.3 Å². The van der Waals surface area contributed by atoms with Crippen LogP contribution in [0.1, 0.15) is 61.8 Å². The van der Waals surface area contributed by atoms with Gasteiger partial charge in [-0.25, -0.2) is 43.0 Å². The van der Waals surface area contributed by atoms with Crippen LogP contribution in [0, 0.1) is 68.2 Å². The second-order valence-corrected chi connectivity index (χ2v) is 15.6. The molecule has 29 heteroatoms. The molecule has 0 aliphatic carbocycles. The number of carboxylic acid groups (broad SMARTS) is 1. The molecule has 4 rings (SSSR count). The van der Waals surface area contributed by atoms with Crippen LogP contribution in [0.4, 0.5) is 23.3 Å². The minimum atomic E-state index is -2.20. The summed E-state index contributed by atoms with van der Waals surface area (Å²) in [4.78, 5) is 75.0. The first kappa shape index (κ1) is 55.0. The lowest BCUT2D eigenvalue weighted by Gasteiger charge is -2.23. The van der Waals surface area contributed by atoms with Crippen LogP contribution in [0.25, 0.3) is 0 Å². The van der Waals surface area contributed by atoms with E-state index in [1.807, 2.05) is 0 Å². The van der Waals surface area contributed by atoms with Crippen molar-refractivity contribution in [3.05, 3.63) is 88.5 Å². The van der Waals surface area contributed by atoms with Crippen molar-refractivity contribution in [3.8, 4) is 0 Å². The predicted octanol–water partition coefficient (Wildman–Crippen LogP) is 0.891. The average Bonchev–Trinajstić information content (AvgIpc) is 4.06. The summed E-state index contributed by atoms with van der Waals surface area (Å²) in [5.74, 6) is 0.112. The van der Waals surface area contributed by atoms with Gasteiger partial charge in [0.15, 0.2) is 29.4 Å². The fourth-order valence-corrected chi connectivity index (χ4v) is 7.20. The standard InChI is InChI=1S/C32H48N14O8.C6H12O7/c1-25-33-21-29(43(47)48)39(25)17-13-37(14-18-40-26(2)34-22-30(40)44(49)50)11-9-7-5-6-8-10-12-38(15-19-41-27(3)35-23-31(41)45(51)52)16-20-42-28(4)36-24-32(42)46(53)54;7-1-2(8)3(9)4(10)5(11)6(12)13/h21-24H,5-20H2,1-4H3;2-5,7-11H,1H2,(H,12,13)/t;2-,3-,4+,5-/m.1/s1. The molecule has 67 heavy (non-hydrogen) atoms. The van der Waals surface area contributed by atoms with Crippen molar-refractivity contribution in [2.75, 3.05) is 45.9 Å². The van der Waals surface area contributed by atoms with Gasteiger partial charge < -0.3 is 71.1 Å². The number of aryl methyl sites for hydroxylation is 4. The topological polar surface area (TPSA) is 389 Å². The number of carboxylic acids is 1. The third-order valence-electron chi connectivity index (χ3n) is 11.2. The second kappa shape index (κ2) is 26.7. The van der Waals surface area contributed by atoms with E-state index >= 15 is 0 Å². The van der Waals surface area contributed by atoms with Crippen LogP contribution in [0.15, 0.2) is 24.8 Å². The fourth-order valence-electron chi connectivity index (χ4n) is 7.20. The average molecular weight is 953 g/mol. The molecule has 0 aliphatic rings. The molecule has 0 amide bonds. The maximum absolute atomic E-state index is 11.5. The van der Waals surface area contributed by atoms with Crippen LogP contribution in [0.3, 0.4) is 0 Å². The number of imidazole rings is 4. The number of aromatic nitrogens is 8. The Kier molecular flexibility index (Phi) is 21.9. The molecule has 0 saturated carbocycles. The molecule has 6 N–H and O–H groups in total. The number of nitro groups is 4. The molecule has 0 fully saturated rings. The highest BCUT2D eigenvalue weighted by atomic mass is 16.6. The lowest BCUT2D eigenvalue weighted by Crippen LogP contribution is -2.48. The smallest absolute Gasteiger partial charge is 0.342 e. The number of hydrogen-bond donors (Lipinski definition) is 6. The van der Waals surface area contributed by atoms with Crippen molar-refractivity contribution in [2.45, 2.75) is 117 Å². The van der Waals surface area contributed by atoms with E-state index < -0.39 is 56.7 Å². The van der Waals surface area contributed by atoms with Crippen molar-refractivity contribution in [1.29, 1.82) is 0 Å². The molecule has 0 aromatic carbocycles. The second-order valence-electron chi connectivity index (χ2n) is 15.6. The van der Waals surface area contributed by atoms with Gasteiger partial charge in [0.25, 0.3) is 0 Å². The Hall–Kier alpha value is -6.37. The number of aliphatic hydroxyl groups excluding tert-OH is 5. The van der Waals surface area contributed by atoms with E-state index in [0.29, 0.717) is 88.7 Å². The summed E-state index contributed by atoms with van der Waals surface area (Å²) in [5.41, 5.74) is 0. The molecule has 0 bridgehead atoms. The number of hydrogen-bond acceptors (Lipinski definition) is 20. The fraction of sp³-hybridized carbons (Fsp3) is 0.658. The quantitative estimate of drug-likeness (QED) is 0.0240. The Bertz CT molecular complexity index is 1980. The molecular formula is C38H60N14O15. The van der Waals surface area contributed by atoms with Crippen LogP contribution in [-0.2, 0) is 31.0 Å². The highest BCUT2D eigenvalue weighted by Gasteiger charge is 2.34. The first-order chi connectivity index (χ1) is 31.7. The number of nitrogens with zero attached hydrogens (tertiary/aromatic N) is 14. The van der Waals surface area contributed by atoms with Crippen molar-refractivity contribution in [3.63, 3.8) is 0 Å². The summed E-state index contributed by atoms with van der Waals surface area (Å²) >= 11 is 0.